The average Bonchev–Trinajstić information content (AvgIpc) is 2.82. The Labute approximate surface area is 186 Å². The SMILES string of the molecule is CCCC[C@H](F)C(=O)O[C@H]1CC[C@H](c2ccc(-c3ccc(OCCC)cc3)cc2)CC1. The van der Waals surface area contributed by atoms with E-state index in [2.05, 4.69) is 43.3 Å². The number of ether oxygens (including phenoxy) is 2. The average molecular weight is 427 g/mol. The number of carbonyl (C=O) groups is 1. The lowest BCUT2D eigenvalue weighted by Crippen LogP contribution is -2.28. The summed E-state index contributed by atoms with van der Waals surface area (Å²) in [5.74, 6) is 0.701. The van der Waals surface area contributed by atoms with Crippen molar-refractivity contribution in [2.45, 2.75) is 83.4 Å². The summed E-state index contributed by atoms with van der Waals surface area (Å²) in [6, 6.07) is 17.0. The van der Waals surface area contributed by atoms with Crippen molar-refractivity contribution in [1.29, 1.82) is 0 Å². The van der Waals surface area contributed by atoms with Crippen LogP contribution in [0.4, 0.5) is 4.39 Å². The van der Waals surface area contributed by atoms with Gasteiger partial charge in [-0.3, -0.25) is 0 Å². The molecule has 1 fully saturated rings. The minimum absolute atomic E-state index is 0.142. The van der Waals surface area contributed by atoms with E-state index < -0.39 is 12.1 Å². The Balaban J connectivity index is 1.49. The van der Waals surface area contributed by atoms with Crippen LogP contribution in [0.25, 0.3) is 11.1 Å². The number of carbonyl (C=O) groups excluding carboxylic acids is 1. The van der Waals surface area contributed by atoms with Gasteiger partial charge in [-0.1, -0.05) is 63.1 Å². The van der Waals surface area contributed by atoms with Crippen molar-refractivity contribution in [2.75, 3.05) is 6.61 Å². The van der Waals surface area contributed by atoms with Gasteiger partial charge in [0.15, 0.2) is 6.17 Å². The summed E-state index contributed by atoms with van der Waals surface area (Å²) in [5.41, 5.74) is 3.69. The monoisotopic (exact) mass is 426 g/mol. The van der Waals surface area contributed by atoms with E-state index in [0.29, 0.717) is 5.92 Å². The molecule has 168 valence electrons. The summed E-state index contributed by atoms with van der Waals surface area (Å²) in [7, 11) is 0. The highest BCUT2D eigenvalue weighted by Gasteiger charge is 2.27. The highest BCUT2D eigenvalue weighted by Crippen LogP contribution is 2.35. The van der Waals surface area contributed by atoms with E-state index in [0.717, 1.165) is 57.3 Å². The Morgan fingerprint density at radius 1 is 0.935 bits per heavy atom. The van der Waals surface area contributed by atoms with Crippen LogP contribution >= 0.6 is 0 Å². The van der Waals surface area contributed by atoms with Crippen molar-refractivity contribution in [3.05, 3.63) is 54.1 Å². The molecule has 1 aliphatic rings. The highest BCUT2D eigenvalue weighted by molar-refractivity contribution is 5.74. The Bertz CT molecular complexity index is 792. The summed E-state index contributed by atoms with van der Waals surface area (Å²) in [5, 5.41) is 0. The first-order chi connectivity index (χ1) is 15.1. The third kappa shape index (κ3) is 6.81. The number of rotatable bonds is 10. The van der Waals surface area contributed by atoms with Crippen molar-refractivity contribution < 1.29 is 18.7 Å². The zero-order chi connectivity index (χ0) is 22.1. The van der Waals surface area contributed by atoms with Crippen molar-refractivity contribution in [3.63, 3.8) is 0 Å². The lowest BCUT2D eigenvalue weighted by molar-refractivity contribution is -0.157. The normalized spacial score (nSPS) is 19.6. The summed E-state index contributed by atoms with van der Waals surface area (Å²) in [6.07, 6.45) is 4.80. The second-order valence-corrected chi connectivity index (χ2v) is 8.52. The lowest BCUT2D eigenvalue weighted by atomic mass is 9.82. The quantitative estimate of drug-likeness (QED) is 0.376. The maximum atomic E-state index is 13.9. The van der Waals surface area contributed by atoms with Gasteiger partial charge in [0.05, 0.1) is 6.61 Å². The fraction of sp³-hybridized carbons (Fsp3) is 0.519. The van der Waals surface area contributed by atoms with Gasteiger partial charge in [-0.05, 0) is 73.3 Å². The molecule has 0 N–H and O–H groups in total. The van der Waals surface area contributed by atoms with Gasteiger partial charge in [0.25, 0.3) is 0 Å². The van der Waals surface area contributed by atoms with Crippen LogP contribution in [0.1, 0.15) is 76.7 Å². The van der Waals surface area contributed by atoms with Gasteiger partial charge < -0.3 is 9.47 Å². The Morgan fingerprint density at radius 2 is 1.55 bits per heavy atom. The van der Waals surface area contributed by atoms with Gasteiger partial charge in [0.1, 0.15) is 11.9 Å². The van der Waals surface area contributed by atoms with Crippen LogP contribution in [0.2, 0.25) is 0 Å². The predicted molar refractivity (Wildman–Crippen MR) is 123 cm³/mol. The van der Waals surface area contributed by atoms with E-state index in [1.165, 1.54) is 16.7 Å². The fourth-order valence-corrected chi connectivity index (χ4v) is 4.16. The molecular weight excluding hydrogens is 391 g/mol. The molecule has 0 aromatic heterocycles. The molecule has 0 spiro atoms. The number of benzene rings is 2. The molecule has 3 rings (SSSR count). The first-order valence-electron chi connectivity index (χ1n) is 11.8. The van der Waals surface area contributed by atoms with Crippen LogP contribution in [-0.4, -0.2) is 24.9 Å². The second kappa shape index (κ2) is 11.9. The standard InChI is InChI=1S/C27H35FO3/c1-3-5-6-26(28)27(29)31-25-17-13-23(14-18-25)21-9-7-20(8-10-21)22-11-15-24(16-12-22)30-19-4-2/h7-12,15-16,23,25-26H,3-6,13-14,17-19H2,1-2H3/t23-,25-,26-/m0/s1. The molecule has 1 atom stereocenters. The number of hydrogen-bond acceptors (Lipinski definition) is 3. The Morgan fingerprint density at radius 3 is 2.13 bits per heavy atom. The van der Waals surface area contributed by atoms with Gasteiger partial charge in [-0.25, -0.2) is 9.18 Å². The van der Waals surface area contributed by atoms with Crippen molar-refractivity contribution >= 4 is 5.97 Å². The molecule has 0 saturated heterocycles. The van der Waals surface area contributed by atoms with Crippen LogP contribution in [0.3, 0.4) is 0 Å². The molecule has 0 heterocycles. The van der Waals surface area contributed by atoms with E-state index >= 15 is 0 Å². The maximum absolute atomic E-state index is 13.9. The first-order valence-corrected chi connectivity index (χ1v) is 11.8. The molecule has 4 heteroatoms. The summed E-state index contributed by atoms with van der Waals surface area (Å²) < 4.78 is 24.9. The zero-order valence-electron chi connectivity index (χ0n) is 18.8. The lowest BCUT2D eigenvalue weighted by Gasteiger charge is -2.29. The first kappa shape index (κ1) is 23.3. The molecular formula is C27H35FO3. The third-order valence-electron chi connectivity index (χ3n) is 6.07. The number of alkyl halides is 1. The minimum Gasteiger partial charge on any atom is -0.494 e. The summed E-state index contributed by atoms with van der Waals surface area (Å²) in [6.45, 7) is 4.83. The summed E-state index contributed by atoms with van der Waals surface area (Å²) in [4.78, 5) is 11.9. The highest BCUT2D eigenvalue weighted by atomic mass is 19.1. The van der Waals surface area contributed by atoms with Crippen molar-refractivity contribution in [1.82, 2.24) is 0 Å². The fourth-order valence-electron chi connectivity index (χ4n) is 4.16. The third-order valence-corrected chi connectivity index (χ3v) is 6.07. The van der Waals surface area contributed by atoms with E-state index in [1.807, 2.05) is 19.1 Å². The Hall–Kier alpha value is -2.36. The van der Waals surface area contributed by atoms with E-state index in [4.69, 9.17) is 9.47 Å². The molecule has 2 aromatic carbocycles. The van der Waals surface area contributed by atoms with Gasteiger partial charge in [-0.2, -0.15) is 0 Å². The maximum Gasteiger partial charge on any atom is 0.340 e. The molecule has 31 heavy (non-hydrogen) atoms. The van der Waals surface area contributed by atoms with Crippen LogP contribution in [0.5, 0.6) is 5.75 Å². The number of esters is 1. The van der Waals surface area contributed by atoms with Crippen LogP contribution in [0, 0.1) is 0 Å². The largest absolute Gasteiger partial charge is 0.494 e. The van der Waals surface area contributed by atoms with Gasteiger partial charge in [0, 0.05) is 0 Å². The van der Waals surface area contributed by atoms with Crippen LogP contribution in [0.15, 0.2) is 48.5 Å². The summed E-state index contributed by atoms with van der Waals surface area (Å²) >= 11 is 0. The topological polar surface area (TPSA) is 35.5 Å². The van der Waals surface area contributed by atoms with Gasteiger partial charge in [0.2, 0.25) is 0 Å². The number of unbranched alkanes of at least 4 members (excludes halogenated alkanes) is 1. The smallest absolute Gasteiger partial charge is 0.340 e. The van der Waals surface area contributed by atoms with Gasteiger partial charge >= 0.3 is 5.97 Å². The van der Waals surface area contributed by atoms with E-state index in [1.54, 1.807) is 0 Å². The molecule has 0 unspecified atom stereocenters. The van der Waals surface area contributed by atoms with Crippen molar-refractivity contribution in [2.24, 2.45) is 0 Å². The molecule has 1 aliphatic carbocycles. The molecule has 0 bridgehead atoms. The van der Waals surface area contributed by atoms with Crippen molar-refractivity contribution in [3.8, 4) is 16.9 Å². The second-order valence-electron chi connectivity index (χ2n) is 8.52. The molecule has 0 radical (unpaired) electrons. The minimum atomic E-state index is -1.47. The molecule has 3 nitrogen and oxygen atoms in total. The predicted octanol–water partition coefficient (Wildman–Crippen LogP) is 7.24. The number of hydrogen-bond donors (Lipinski definition) is 0. The van der Waals surface area contributed by atoms with Crippen LogP contribution in [-0.2, 0) is 9.53 Å². The van der Waals surface area contributed by atoms with Crippen LogP contribution < -0.4 is 4.74 Å². The molecule has 0 amide bonds. The molecule has 1 saturated carbocycles. The molecule has 0 aliphatic heterocycles. The molecule has 2 aromatic rings. The van der Waals surface area contributed by atoms with E-state index in [-0.39, 0.29) is 12.5 Å². The number of halogens is 1. The van der Waals surface area contributed by atoms with E-state index in [9.17, 15) is 9.18 Å². The zero-order valence-corrected chi connectivity index (χ0v) is 18.8. The van der Waals surface area contributed by atoms with Gasteiger partial charge in [-0.15, -0.1) is 0 Å². The Kier molecular flexibility index (Phi) is 8.93.